The van der Waals surface area contributed by atoms with Gasteiger partial charge in [-0.3, -0.25) is 9.59 Å². The van der Waals surface area contributed by atoms with Crippen LogP contribution in [0.25, 0.3) is 0 Å². The summed E-state index contributed by atoms with van der Waals surface area (Å²) < 4.78 is 5.12. The molecule has 0 aliphatic heterocycles. The van der Waals surface area contributed by atoms with Gasteiger partial charge in [-0.05, 0) is 12.1 Å². The van der Waals surface area contributed by atoms with Gasteiger partial charge in [0.1, 0.15) is 11.8 Å². The largest absolute Gasteiger partial charge is 0.497 e. The number of carbonyl (C=O) groups is 2. The first-order valence-corrected chi connectivity index (χ1v) is 7.20. The molecule has 1 N–H and O–H groups in total. The van der Waals surface area contributed by atoms with Crippen molar-refractivity contribution in [1.82, 2.24) is 5.48 Å². The maximum absolute atomic E-state index is 12.6. The molecule has 23 heavy (non-hydrogen) atoms. The summed E-state index contributed by atoms with van der Waals surface area (Å²) in [5.74, 6) is 0.229. The van der Waals surface area contributed by atoms with Crippen molar-refractivity contribution < 1.29 is 19.2 Å². The fraction of sp³-hybridized carbons (Fsp3) is 0.222. The average Bonchev–Trinajstić information content (AvgIpc) is 2.61. The van der Waals surface area contributed by atoms with E-state index in [4.69, 9.17) is 9.57 Å². The third-order valence-electron chi connectivity index (χ3n) is 3.42. The highest BCUT2D eigenvalue weighted by Gasteiger charge is 2.24. The van der Waals surface area contributed by atoms with Crippen LogP contribution in [0.5, 0.6) is 5.75 Å². The van der Waals surface area contributed by atoms with Crippen LogP contribution in [0.2, 0.25) is 0 Å². The van der Waals surface area contributed by atoms with Gasteiger partial charge in [0.15, 0.2) is 11.6 Å². The van der Waals surface area contributed by atoms with Gasteiger partial charge in [0.05, 0.1) is 14.2 Å². The molecule has 2 aromatic rings. The highest BCUT2D eigenvalue weighted by molar-refractivity contribution is 6.05. The summed E-state index contributed by atoms with van der Waals surface area (Å²) in [7, 11) is 2.95. The Hall–Kier alpha value is -2.50. The van der Waals surface area contributed by atoms with E-state index in [1.807, 2.05) is 6.07 Å². The second-order valence-corrected chi connectivity index (χ2v) is 4.96. The fourth-order valence-corrected chi connectivity index (χ4v) is 2.23. The Morgan fingerprint density at radius 2 is 1.70 bits per heavy atom. The molecule has 0 saturated heterocycles. The molecule has 0 saturated carbocycles. The second kappa shape index (κ2) is 8.22. The number of benzene rings is 2. The Bertz CT molecular complexity index is 670. The molecule has 0 bridgehead atoms. The predicted molar refractivity (Wildman–Crippen MR) is 86.6 cm³/mol. The Balaban J connectivity index is 2.17. The van der Waals surface area contributed by atoms with Crippen LogP contribution >= 0.6 is 0 Å². The molecule has 0 radical (unpaired) electrons. The van der Waals surface area contributed by atoms with E-state index in [2.05, 4.69) is 5.48 Å². The van der Waals surface area contributed by atoms with Crippen LogP contribution in [0.4, 0.5) is 0 Å². The zero-order valence-corrected chi connectivity index (χ0v) is 13.1. The predicted octanol–water partition coefficient (Wildman–Crippen LogP) is 2.67. The summed E-state index contributed by atoms with van der Waals surface area (Å²) in [6.07, 6.45) is 0.00783. The third kappa shape index (κ3) is 4.48. The smallest absolute Gasteiger partial charge is 0.182 e. The number of rotatable bonds is 8. The van der Waals surface area contributed by atoms with E-state index in [0.717, 1.165) is 0 Å². The minimum atomic E-state index is -0.764. The van der Waals surface area contributed by atoms with Gasteiger partial charge in [-0.25, -0.2) is 0 Å². The zero-order chi connectivity index (χ0) is 16.7. The van der Waals surface area contributed by atoms with Crippen LogP contribution in [-0.2, 0) is 4.84 Å². The lowest BCUT2D eigenvalue weighted by atomic mass is 9.97. The Morgan fingerprint density at radius 1 is 1.00 bits per heavy atom. The Labute approximate surface area is 135 Å². The monoisotopic (exact) mass is 313 g/mol. The van der Waals surface area contributed by atoms with Crippen molar-refractivity contribution in [3.63, 3.8) is 0 Å². The lowest BCUT2D eigenvalue weighted by molar-refractivity contribution is 0.0473. The highest BCUT2D eigenvalue weighted by Crippen LogP contribution is 2.16. The molecule has 2 aromatic carbocycles. The molecule has 0 spiro atoms. The molecular weight excluding hydrogens is 294 g/mol. The number of nitrogens with one attached hydrogen (secondary N) is 1. The highest BCUT2D eigenvalue weighted by atomic mass is 16.6. The molecule has 0 aliphatic carbocycles. The van der Waals surface area contributed by atoms with Gasteiger partial charge in [-0.15, -0.1) is 0 Å². The first-order valence-electron chi connectivity index (χ1n) is 7.20. The normalized spacial score (nSPS) is 11.7. The quantitative estimate of drug-likeness (QED) is 0.599. The van der Waals surface area contributed by atoms with E-state index in [0.29, 0.717) is 16.9 Å². The van der Waals surface area contributed by atoms with Gasteiger partial charge in [0.25, 0.3) is 0 Å². The van der Waals surface area contributed by atoms with Crippen molar-refractivity contribution in [2.24, 2.45) is 0 Å². The van der Waals surface area contributed by atoms with Crippen LogP contribution in [0.1, 0.15) is 27.1 Å². The lowest BCUT2D eigenvalue weighted by Gasteiger charge is -2.16. The fourth-order valence-electron chi connectivity index (χ4n) is 2.23. The van der Waals surface area contributed by atoms with Gasteiger partial charge in [-0.2, -0.15) is 5.48 Å². The standard InChI is InChI=1S/C18H19NO4/c1-22-15-10-6-9-14(11-15)18(21)16(19-23-2)12-17(20)13-7-4-3-5-8-13/h3-11,16,19H,12H2,1-2H3. The number of hydroxylamine groups is 1. The second-order valence-electron chi connectivity index (χ2n) is 4.96. The van der Waals surface area contributed by atoms with Gasteiger partial charge >= 0.3 is 0 Å². The number of ether oxygens (including phenoxy) is 1. The molecule has 1 unspecified atom stereocenters. The van der Waals surface area contributed by atoms with Crippen molar-refractivity contribution in [1.29, 1.82) is 0 Å². The van der Waals surface area contributed by atoms with Crippen LogP contribution in [0.3, 0.4) is 0 Å². The zero-order valence-electron chi connectivity index (χ0n) is 13.1. The molecule has 1 atom stereocenters. The SMILES string of the molecule is CONC(CC(=O)c1ccccc1)C(=O)c1cccc(OC)c1. The Kier molecular flexibility index (Phi) is 6.02. The third-order valence-corrected chi connectivity index (χ3v) is 3.42. The van der Waals surface area contributed by atoms with Gasteiger partial charge in [0, 0.05) is 17.5 Å². The van der Waals surface area contributed by atoms with Crippen molar-refractivity contribution >= 4 is 11.6 Å². The molecule has 120 valence electrons. The van der Waals surface area contributed by atoms with Crippen LogP contribution in [0.15, 0.2) is 54.6 Å². The lowest BCUT2D eigenvalue weighted by Crippen LogP contribution is -2.38. The maximum atomic E-state index is 12.6. The first kappa shape index (κ1) is 16.9. The van der Waals surface area contributed by atoms with Gasteiger partial charge in [0.2, 0.25) is 0 Å². The van der Waals surface area contributed by atoms with E-state index in [-0.39, 0.29) is 18.0 Å². The molecule has 0 heterocycles. The molecule has 0 aromatic heterocycles. The average molecular weight is 313 g/mol. The minimum absolute atomic E-state index is 0.00783. The molecule has 0 amide bonds. The topological polar surface area (TPSA) is 64.6 Å². The Morgan fingerprint density at radius 3 is 2.35 bits per heavy atom. The van der Waals surface area contributed by atoms with Crippen molar-refractivity contribution in [2.75, 3.05) is 14.2 Å². The van der Waals surface area contributed by atoms with Gasteiger partial charge in [-0.1, -0.05) is 42.5 Å². The number of hydrogen-bond acceptors (Lipinski definition) is 5. The summed E-state index contributed by atoms with van der Waals surface area (Å²) in [6, 6.07) is 14.9. The van der Waals surface area contributed by atoms with Crippen molar-refractivity contribution in [3.05, 3.63) is 65.7 Å². The van der Waals surface area contributed by atoms with Crippen molar-refractivity contribution in [2.45, 2.75) is 12.5 Å². The number of Topliss-reactive ketones (excluding diaryl/α,β-unsaturated/α-hetero) is 2. The van der Waals surface area contributed by atoms with E-state index in [1.54, 1.807) is 48.5 Å². The number of carbonyl (C=O) groups excluding carboxylic acids is 2. The molecule has 5 heteroatoms. The molecule has 5 nitrogen and oxygen atoms in total. The van der Waals surface area contributed by atoms with E-state index in [9.17, 15) is 9.59 Å². The molecular formula is C18H19NO4. The summed E-state index contributed by atoms with van der Waals surface area (Å²) in [6.45, 7) is 0. The minimum Gasteiger partial charge on any atom is -0.497 e. The van der Waals surface area contributed by atoms with Gasteiger partial charge < -0.3 is 9.57 Å². The number of hydrogen-bond donors (Lipinski definition) is 1. The first-order chi connectivity index (χ1) is 11.2. The van der Waals surface area contributed by atoms with Crippen LogP contribution in [0, 0.1) is 0 Å². The molecule has 0 aliphatic rings. The van der Waals surface area contributed by atoms with Crippen LogP contribution in [-0.4, -0.2) is 31.8 Å². The summed E-state index contributed by atoms with van der Waals surface area (Å²) in [4.78, 5) is 29.8. The summed E-state index contributed by atoms with van der Waals surface area (Å²) >= 11 is 0. The maximum Gasteiger partial charge on any atom is 0.182 e. The number of methoxy groups -OCH3 is 1. The molecule has 2 rings (SSSR count). The summed E-state index contributed by atoms with van der Waals surface area (Å²) in [5, 5.41) is 0. The van der Waals surface area contributed by atoms with E-state index >= 15 is 0 Å². The van der Waals surface area contributed by atoms with Crippen molar-refractivity contribution in [3.8, 4) is 5.75 Å². The van der Waals surface area contributed by atoms with Crippen LogP contribution < -0.4 is 10.2 Å². The van der Waals surface area contributed by atoms with E-state index in [1.165, 1.54) is 14.2 Å². The summed E-state index contributed by atoms with van der Waals surface area (Å²) in [5.41, 5.74) is 3.63. The number of ketones is 2. The molecule has 0 fully saturated rings. The van der Waals surface area contributed by atoms with E-state index < -0.39 is 6.04 Å².